The first-order chi connectivity index (χ1) is 13.1. The van der Waals surface area contributed by atoms with Crippen molar-refractivity contribution in [2.75, 3.05) is 13.7 Å². The molecule has 0 atom stereocenters. The highest BCUT2D eigenvalue weighted by molar-refractivity contribution is 6.04. The lowest BCUT2D eigenvalue weighted by atomic mass is 10.1. The van der Waals surface area contributed by atoms with E-state index >= 15 is 0 Å². The van der Waals surface area contributed by atoms with Crippen molar-refractivity contribution in [1.82, 2.24) is 4.98 Å². The summed E-state index contributed by atoms with van der Waals surface area (Å²) in [6.07, 6.45) is 0. The Bertz CT molecular complexity index is 1160. The van der Waals surface area contributed by atoms with Gasteiger partial charge >= 0.3 is 5.97 Å². The molecule has 0 spiro atoms. The van der Waals surface area contributed by atoms with E-state index in [2.05, 4.69) is 4.98 Å². The molecule has 0 unspecified atom stereocenters. The molecule has 2 aromatic heterocycles. The summed E-state index contributed by atoms with van der Waals surface area (Å²) in [5.41, 5.74) is 1.74. The van der Waals surface area contributed by atoms with E-state index in [0.29, 0.717) is 46.0 Å². The lowest BCUT2D eigenvalue weighted by Crippen LogP contribution is -2.01. The zero-order valence-corrected chi connectivity index (χ0v) is 14.9. The molecule has 0 fully saturated rings. The smallest absolute Gasteiger partial charge is 0.336 e. The van der Waals surface area contributed by atoms with Gasteiger partial charge in [-0.1, -0.05) is 12.1 Å². The van der Waals surface area contributed by atoms with Crippen molar-refractivity contribution < 1.29 is 23.8 Å². The fourth-order valence-corrected chi connectivity index (χ4v) is 3.09. The molecule has 2 heterocycles. The van der Waals surface area contributed by atoms with Crippen LogP contribution in [0.3, 0.4) is 0 Å². The van der Waals surface area contributed by atoms with Crippen LogP contribution < -0.4 is 9.47 Å². The highest BCUT2D eigenvalue weighted by atomic mass is 16.5. The summed E-state index contributed by atoms with van der Waals surface area (Å²) in [6.45, 7) is 2.37. The van der Waals surface area contributed by atoms with Crippen molar-refractivity contribution in [1.29, 1.82) is 0 Å². The number of hydrogen-bond acceptors (Lipinski definition) is 5. The van der Waals surface area contributed by atoms with E-state index in [4.69, 9.17) is 13.9 Å². The summed E-state index contributed by atoms with van der Waals surface area (Å²) in [7, 11) is 1.57. The number of nitrogens with zero attached hydrogens (tertiary/aromatic N) is 1. The summed E-state index contributed by atoms with van der Waals surface area (Å²) in [5.74, 6) is 0.661. The molecule has 4 aromatic rings. The number of carboxylic acids is 1. The van der Waals surface area contributed by atoms with Crippen LogP contribution in [0.4, 0.5) is 0 Å². The predicted molar refractivity (Wildman–Crippen MR) is 102 cm³/mol. The maximum Gasteiger partial charge on any atom is 0.336 e. The van der Waals surface area contributed by atoms with Gasteiger partial charge in [-0.15, -0.1) is 0 Å². The van der Waals surface area contributed by atoms with E-state index in [0.717, 1.165) is 5.39 Å². The van der Waals surface area contributed by atoms with Gasteiger partial charge in [0, 0.05) is 10.8 Å². The average molecular weight is 363 g/mol. The van der Waals surface area contributed by atoms with Gasteiger partial charge in [-0.3, -0.25) is 0 Å². The van der Waals surface area contributed by atoms with Crippen LogP contribution >= 0.6 is 0 Å². The SMILES string of the molecule is CCOc1ccc2nc(-c3cc4cccc(OC)c4o3)cc(C(=O)O)c2c1. The largest absolute Gasteiger partial charge is 0.494 e. The molecule has 0 saturated heterocycles. The minimum atomic E-state index is -1.04. The number of rotatable bonds is 5. The molecule has 6 nitrogen and oxygen atoms in total. The molecule has 0 aliphatic carbocycles. The third-order valence-electron chi connectivity index (χ3n) is 4.30. The van der Waals surface area contributed by atoms with Crippen molar-refractivity contribution in [3.8, 4) is 23.0 Å². The molecule has 27 heavy (non-hydrogen) atoms. The number of aromatic nitrogens is 1. The van der Waals surface area contributed by atoms with Crippen molar-refractivity contribution >= 4 is 27.8 Å². The van der Waals surface area contributed by atoms with E-state index in [1.165, 1.54) is 6.07 Å². The molecule has 1 N–H and O–H groups in total. The van der Waals surface area contributed by atoms with Crippen molar-refractivity contribution in [2.45, 2.75) is 6.92 Å². The molecular weight excluding hydrogens is 346 g/mol. The van der Waals surface area contributed by atoms with Gasteiger partial charge in [0.15, 0.2) is 17.1 Å². The van der Waals surface area contributed by atoms with Crippen molar-refractivity contribution in [3.63, 3.8) is 0 Å². The quantitative estimate of drug-likeness (QED) is 0.551. The van der Waals surface area contributed by atoms with Crippen LogP contribution in [0, 0.1) is 0 Å². The number of carbonyl (C=O) groups is 1. The third-order valence-corrected chi connectivity index (χ3v) is 4.30. The number of para-hydroxylation sites is 1. The van der Waals surface area contributed by atoms with Gasteiger partial charge in [0.2, 0.25) is 0 Å². The van der Waals surface area contributed by atoms with E-state index in [1.54, 1.807) is 31.4 Å². The summed E-state index contributed by atoms with van der Waals surface area (Å²) in [4.78, 5) is 16.4. The van der Waals surface area contributed by atoms with Gasteiger partial charge in [-0.2, -0.15) is 0 Å². The number of pyridine rings is 1. The number of benzene rings is 2. The van der Waals surface area contributed by atoms with Crippen LogP contribution in [0.25, 0.3) is 33.3 Å². The molecule has 0 aliphatic heterocycles. The molecule has 0 aliphatic rings. The maximum absolute atomic E-state index is 11.8. The molecule has 0 bridgehead atoms. The van der Waals surface area contributed by atoms with Gasteiger partial charge < -0.3 is 19.0 Å². The number of methoxy groups -OCH3 is 1. The number of carboxylic acid groups (broad SMARTS) is 1. The predicted octanol–water partition coefficient (Wildman–Crippen LogP) is 4.75. The third kappa shape index (κ3) is 2.95. The normalized spacial score (nSPS) is 11.0. The first-order valence-electron chi connectivity index (χ1n) is 8.48. The molecule has 2 aromatic carbocycles. The van der Waals surface area contributed by atoms with Crippen LogP contribution in [0.5, 0.6) is 11.5 Å². The van der Waals surface area contributed by atoms with Crippen LogP contribution in [0.15, 0.2) is 52.9 Å². The van der Waals surface area contributed by atoms with E-state index in [9.17, 15) is 9.90 Å². The molecule has 0 saturated carbocycles. The van der Waals surface area contributed by atoms with Gasteiger partial charge in [0.05, 0.1) is 24.8 Å². The second kappa shape index (κ2) is 6.64. The molecule has 0 radical (unpaired) electrons. The summed E-state index contributed by atoms with van der Waals surface area (Å²) >= 11 is 0. The molecule has 6 heteroatoms. The maximum atomic E-state index is 11.8. The molecular formula is C21H17NO5. The minimum absolute atomic E-state index is 0.143. The van der Waals surface area contributed by atoms with Crippen LogP contribution in [-0.4, -0.2) is 29.8 Å². The average Bonchev–Trinajstić information content (AvgIpc) is 3.11. The van der Waals surface area contributed by atoms with E-state index < -0.39 is 5.97 Å². The highest BCUT2D eigenvalue weighted by Gasteiger charge is 2.17. The number of hydrogen-bond donors (Lipinski definition) is 1. The van der Waals surface area contributed by atoms with Gasteiger partial charge in [-0.25, -0.2) is 9.78 Å². The topological polar surface area (TPSA) is 81.8 Å². The Morgan fingerprint density at radius 1 is 1.19 bits per heavy atom. The summed E-state index contributed by atoms with van der Waals surface area (Å²) in [5, 5.41) is 11.1. The van der Waals surface area contributed by atoms with E-state index in [1.807, 2.05) is 25.1 Å². The monoisotopic (exact) mass is 363 g/mol. The Hall–Kier alpha value is -3.54. The summed E-state index contributed by atoms with van der Waals surface area (Å²) in [6, 6.07) is 14.1. The van der Waals surface area contributed by atoms with Crippen LogP contribution in [0.2, 0.25) is 0 Å². The number of aromatic carboxylic acids is 1. The van der Waals surface area contributed by atoms with Gasteiger partial charge in [0.1, 0.15) is 11.4 Å². The van der Waals surface area contributed by atoms with E-state index in [-0.39, 0.29) is 5.56 Å². The van der Waals surface area contributed by atoms with Crippen molar-refractivity contribution in [2.24, 2.45) is 0 Å². The Labute approximate surface area is 155 Å². The molecule has 4 rings (SSSR count). The number of fused-ring (bicyclic) bond motifs is 2. The van der Waals surface area contributed by atoms with Crippen molar-refractivity contribution in [3.05, 3.63) is 54.1 Å². The standard InChI is InChI=1S/C21H17NO5/c1-3-26-13-7-8-16-14(10-13)15(21(23)24)11-17(22-16)19-9-12-5-4-6-18(25-2)20(12)27-19/h4-11H,3H2,1-2H3,(H,23,24). The minimum Gasteiger partial charge on any atom is -0.494 e. The second-order valence-corrected chi connectivity index (χ2v) is 5.96. The zero-order chi connectivity index (χ0) is 19.0. The van der Waals surface area contributed by atoms with Gasteiger partial charge in [-0.05, 0) is 43.3 Å². The number of ether oxygens (including phenoxy) is 2. The second-order valence-electron chi connectivity index (χ2n) is 5.96. The molecule has 136 valence electrons. The lowest BCUT2D eigenvalue weighted by molar-refractivity contribution is 0.0699. The van der Waals surface area contributed by atoms with Crippen LogP contribution in [-0.2, 0) is 0 Å². The molecule has 0 amide bonds. The number of furan rings is 1. The lowest BCUT2D eigenvalue weighted by Gasteiger charge is -2.08. The Balaban J connectivity index is 1.92. The summed E-state index contributed by atoms with van der Waals surface area (Å²) < 4.78 is 16.7. The first kappa shape index (κ1) is 16.9. The van der Waals surface area contributed by atoms with Crippen LogP contribution in [0.1, 0.15) is 17.3 Å². The zero-order valence-electron chi connectivity index (χ0n) is 14.9. The Morgan fingerprint density at radius 3 is 2.78 bits per heavy atom. The fourth-order valence-electron chi connectivity index (χ4n) is 3.09. The highest BCUT2D eigenvalue weighted by Crippen LogP contribution is 2.34. The fraction of sp³-hybridized carbons (Fsp3) is 0.143. The Kier molecular flexibility index (Phi) is 4.16. The van der Waals surface area contributed by atoms with Gasteiger partial charge in [0.25, 0.3) is 0 Å². The first-order valence-corrected chi connectivity index (χ1v) is 8.48. The Morgan fingerprint density at radius 2 is 2.04 bits per heavy atom.